The Morgan fingerprint density at radius 3 is 1.27 bits per heavy atom. The molecule has 0 aliphatic carbocycles. The number of unbranched alkanes of at least 4 members (excludes halogenated alkanes) is 2. The van der Waals surface area contributed by atoms with Gasteiger partial charge in [-0.2, -0.15) is 0 Å². The molecule has 2 aromatic rings. The third-order valence-corrected chi connectivity index (χ3v) is 5.11. The van der Waals surface area contributed by atoms with Crippen molar-refractivity contribution < 1.29 is 9.59 Å². The van der Waals surface area contributed by atoms with E-state index in [9.17, 15) is 9.59 Å². The van der Waals surface area contributed by atoms with Gasteiger partial charge in [-0.25, -0.2) is 19.9 Å². The summed E-state index contributed by atoms with van der Waals surface area (Å²) in [6, 6.07) is 0. The van der Waals surface area contributed by atoms with Crippen molar-refractivity contribution in [3.63, 3.8) is 0 Å². The smallest absolute Gasteiger partial charge is 0.283 e. The molecule has 14 N–H and O–H groups in total. The number of carbonyl (C=O) groups excluding carboxylic acids is 2. The van der Waals surface area contributed by atoms with Crippen LogP contribution in [0.15, 0.2) is 0 Å². The Bertz CT molecular complexity index is 1090. The average Bonchev–Trinajstić information content (AvgIpc) is 2.77. The Labute approximate surface area is 233 Å². The molecule has 0 saturated carbocycles. The summed E-state index contributed by atoms with van der Waals surface area (Å²) in [6.07, 6.45) is 1.16. The summed E-state index contributed by atoms with van der Waals surface area (Å²) >= 11 is 11.6. The van der Waals surface area contributed by atoms with Crippen molar-refractivity contribution in [1.82, 2.24) is 29.7 Å². The van der Waals surface area contributed by atoms with Crippen LogP contribution in [0.2, 0.25) is 10.3 Å². The molecule has 204 valence electrons. The zero-order valence-corrected chi connectivity index (χ0v) is 22.2. The minimum atomic E-state index is -0.779. The largest absolute Gasteiger partial charge is 0.382 e. The lowest BCUT2D eigenvalue weighted by Gasteiger charge is -2.22. The number of nitrogens with one attached hydrogen (secondary N) is 2. The first-order chi connectivity index (χ1) is 16.3. The Hall–Kier alpha value is -3.60. The third-order valence-electron chi connectivity index (χ3n) is 4.55. The Kier molecular flexibility index (Phi) is 12.8. The molecule has 0 radical (unpaired) electrons. The van der Waals surface area contributed by atoms with E-state index >= 15 is 0 Å². The van der Waals surface area contributed by atoms with E-state index in [1.54, 1.807) is 0 Å². The quantitative estimate of drug-likeness (QED) is 0.115. The number of nitrogens with zero attached hydrogens (tertiary/aromatic N) is 6. The molecule has 20 heteroatoms. The van der Waals surface area contributed by atoms with Gasteiger partial charge in [0.25, 0.3) is 11.8 Å². The molecule has 0 bridgehead atoms. The van der Waals surface area contributed by atoms with Crippen molar-refractivity contribution in [2.75, 3.05) is 36.0 Å². The molecule has 2 heterocycles. The van der Waals surface area contributed by atoms with E-state index in [1.807, 2.05) is 0 Å². The lowest BCUT2D eigenvalue weighted by atomic mass is 10.2. The lowest BCUT2D eigenvalue weighted by Crippen LogP contribution is -2.43. The summed E-state index contributed by atoms with van der Waals surface area (Å²) in [7, 11) is 0. The van der Waals surface area contributed by atoms with Gasteiger partial charge in [0.1, 0.15) is 0 Å². The van der Waals surface area contributed by atoms with E-state index in [4.69, 9.17) is 68.4 Å². The highest BCUT2D eigenvalue weighted by molar-refractivity contribution is 6.32. The van der Waals surface area contributed by atoms with Crippen molar-refractivity contribution >= 4 is 95.0 Å². The SMILES string of the molecule is Cl.Cl.N=C(N)N(CCCCCN(C(=N)N)C(=O)c1nc(Cl)c(N)nc1N)C(=O)c1nc(Cl)c(N)nc1N. The van der Waals surface area contributed by atoms with Crippen LogP contribution in [-0.2, 0) is 0 Å². The van der Waals surface area contributed by atoms with Gasteiger partial charge in [-0.05, 0) is 19.3 Å². The topological polar surface area (TPSA) is 296 Å². The minimum Gasteiger partial charge on any atom is -0.382 e. The number of carbonyl (C=O) groups is 2. The average molecular weight is 600 g/mol. The van der Waals surface area contributed by atoms with E-state index in [-0.39, 0.29) is 82.9 Å². The van der Waals surface area contributed by atoms with Gasteiger partial charge in [-0.3, -0.25) is 30.2 Å². The first-order valence-corrected chi connectivity index (χ1v) is 10.6. The molecule has 0 aliphatic heterocycles. The van der Waals surface area contributed by atoms with Crippen molar-refractivity contribution in [3.8, 4) is 0 Å². The Morgan fingerprint density at radius 2 is 0.973 bits per heavy atom. The molecule has 0 unspecified atom stereocenters. The lowest BCUT2D eigenvalue weighted by molar-refractivity contribution is 0.0837. The maximum absolute atomic E-state index is 12.7. The highest BCUT2D eigenvalue weighted by Gasteiger charge is 2.25. The zero-order valence-electron chi connectivity index (χ0n) is 19.1. The van der Waals surface area contributed by atoms with E-state index in [1.165, 1.54) is 0 Å². The summed E-state index contributed by atoms with van der Waals surface area (Å²) < 4.78 is 0. The summed E-state index contributed by atoms with van der Waals surface area (Å²) in [6.45, 7) is 0.0502. The molecule has 0 saturated heterocycles. The molecule has 2 rings (SSSR count). The van der Waals surface area contributed by atoms with Gasteiger partial charge in [0.15, 0.2) is 56.9 Å². The Balaban J connectivity index is 0.00000648. The van der Waals surface area contributed by atoms with Crippen LogP contribution in [-0.4, -0.2) is 66.6 Å². The second kappa shape index (κ2) is 14.2. The minimum absolute atomic E-state index is 0. The van der Waals surface area contributed by atoms with Crippen molar-refractivity contribution in [2.45, 2.75) is 19.3 Å². The standard InChI is InChI=1S/C17H24Cl2N14O2.2ClH/c18-8-12(22)30-10(20)6(28-8)14(34)32(16(24)25)4-2-1-3-5-33(17(26)27)15(35)7-11(21)31-13(23)9(19)29-7;;/h1-5H2,(H3,24,25)(H3,26,27)(H4,20,22,30)(H4,21,23,31);2*1H. The monoisotopic (exact) mass is 598 g/mol. The Morgan fingerprint density at radius 1 is 0.649 bits per heavy atom. The fourth-order valence-corrected chi connectivity index (χ4v) is 3.09. The van der Waals surface area contributed by atoms with Crippen molar-refractivity contribution in [3.05, 3.63) is 21.7 Å². The number of anilines is 4. The van der Waals surface area contributed by atoms with Crippen LogP contribution in [0.3, 0.4) is 0 Å². The summed E-state index contributed by atoms with van der Waals surface area (Å²) in [5, 5.41) is 15.0. The van der Waals surface area contributed by atoms with E-state index in [0.717, 1.165) is 9.80 Å². The predicted octanol–water partition coefficient (Wildman–Crippen LogP) is 0.288. The van der Waals surface area contributed by atoms with Crippen LogP contribution in [0.5, 0.6) is 0 Å². The van der Waals surface area contributed by atoms with E-state index in [0.29, 0.717) is 19.3 Å². The molecule has 37 heavy (non-hydrogen) atoms. The van der Waals surface area contributed by atoms with Gasteiger partial charge in [-0.15, -0.1) is 24.8 Å². The second-order valence-electron chi connectivity index (χ2n) is 7.01. The van der Waals surface area contributed by atoms with Crippen LogP contribution in [0.4, 0.5) is 23.3 Å². The van der Waals surface area contributed by atoms with Gasteiger partial charge in [0.05, 0.1) is 0 Å². The number of nitrogens with two attached hydrogens (primary N) is 6. The molecule has 0 atom stereocenters. The fraction of sp³-hybridized carbons (Fsp3) is 0.294. The van der Waals surface area contributed by atoms with Crippen LogP contribution in [0.25, 0.3) is 0 Å². The van der Waals surface area contributed by atoms with Gasteiger partial charge >= 0.3 is 0 Å². The predicted molar refractivity (Wildman–Crippen MR) is 146 cm³/mol. The number of hydrogen-bond acceptors (Lipinski definition) is 12. The summed E-state index contributed by atoms with van der Waals surface area (Å²) in [5.41, 5.74) is 32.9. The third kappa shape index (κ3) is 8.21. The second-order valence-corrected chi connectivity index (χ2v) is 7.73. The first kappa shape index (κ1) is 33.4. The van der Waals surface area contributed by atoms with Crippen LogP contribution < -0.4 is 34.4 Å². The molecular weight excluding hydrogens is 574 g/mol. The number of guanidine groups is 2. The number of amides is 2. The summed E-state index contributed by atoms with van der Waals surface area (Å²) in [4.78, 5) is 42.5. The fourth-order valence-electron chi connectivity index (χ4n) is 2.83. The molecule has 0 aliphatic rings. The van der Waals surface area contributed by atoms with E-state index in [2.05, 4.69) is 19.9 Å². The van der Waals surface area contributed by atoms with Crippen molar-refractivity contribution in [2.24, 2.45) is 11.5 Å². The highest BCUT2D eigenvalue weighted by Crippen LogP contribution is 2.20. The molecule has 2 amide bonds. The highest BCUT2D eigenvalue weighted by atomic mass is 35.5. The molecule has 0 aromatic carbocycles. The molecule has 16 nitrogen and oxygen atoms in total. The molecule has 2 aromatic heterocycles. The molecular formula is C17H26Cl4N14O2. The number of halogens is 4. The van der Waals surface area contributed by atoms with Crippen LogP contribution in [0.1, 0.15) is 40.2 Å². The number of hydrogen-bond donors (Lipinski definition) is 8. The van der Waals surface area contributed by atoms with Crippen molar-refractivity contribution in [1.29, 1.82) is 10.8 Å². The van der Waals surface area contributed by atoms with Gasteiger partial charge in [0.2, 0.25) is 0 Å². The van der Waals surface area contributed by atoms with Gasteiger partial charge in [0, 0.05) is 13.1 Å². The van der Waals surface area contributed by atoms with Gasteiger partial charge < -0.3 is 34.4 Å². The van der Waals surface area contributed by atoms with Crippen LogP contribution >= 0.6 is 48.0 Å². The van der Waals surface area contributed by atoms with Crippen LogP contribution in [0, 0.1) is 10.8 Å². The first-order valence-electron chi connectivity index (χ1n) is 9.83. The molecule has 0 spiro atoms. The summed E-state index contributed by atoms with van der Waals surface area (Å²) in [5.74, 6) is -3.45. The normalized spacial score (nSPS) is 10.0. The van der Waals surface area contributed by atoms with Gasteiger partial charge in [-0.1, -0.05) is 23.2 Å². The number of aromatic nitrogens is 4. The molecule has 0 fully saturated rings. The number of rotatable bonds is 8. The number of nitrogen functional groups attached to an aromatic ring is 4. The maximum Gasteiger partial charge on any atom is 0.283 e. The maximum atomic E-state index is 12.7. The van der Waals surface area contributed by atoms with E-state index < -0.39 is 23.7 Å². The zero-order chi connectivity index (χ0) is 26.4.